The molecule has 2 aliphatic carbocycles. The van der Waals surface area contributed by atoms with Crippen molar-refractivity contribution in [2.45, 2.75) is 37.3 Å². The Morgan fingerprint density at radius 1 is 1.29 bits per heavy atom. The Bertz CT molecular complexity index is 283. The average Bonchev–Trinajstić information content (AvgIpc) is 2.84. The average molecular weight is 204 g/mol. The van der Waals surface area contributed by atoms with Crippen LogP contribution in [0.5, 0.6) is 0 Å². The number of alkyl halides is 3. The van der Waals surface area contributed by atoms with Crippen molar-refractivity contribution in [1.82, 2.24) is 0 Å². The monoisotopic (exact) mass is 204 g/mol. The largest absolute Gasteiger partial charge is 0.295 e. The molecule has 3 unspecified atom stereocenters. The van der Waals surface area contributed by atoms with Gasteiger partial charge in [0.15, 0.2) is 11.5 Å². The van der Waals surface area contributed by atoms with Crippen LogP contribution >= 0.6 is 0 Å². The normalized spacial score (nSPS) is 39.5. The first-order valence-electron chi connectivity index (χ1n) is 4.73. The van der Waals surface area contributed by atoms with E-state index in [4.69, 9.17) is 0 Å². The summed E-state index contributed by atoms with van der Waals surface area (Å²) in [4.78, 5) is 11.4. The summed E-state index contributed by atoms with van der Waals surface area (Å²) in [5.74, 6) is -1.79. The number of hydrogen-bond acceptors (Lipinski definition) is 1. The molecule has 1 saturated carbocycles. The van der Waals surface area contributed by atoms with E-state index in [9.17, 15) is 18.0 Å². The fourth-order valence-corrected chi connectivity index (χ4v) is 1.71. The summed E-state index contributed by atoms with van der Waals surface area (Å²) in [6.07, 6.45) is -0.572. The Kier molecular flexibility index (Phi) is 2.16. The van der Waals surface area contributed by atoms with E-state index >= 15 is 0 Å². The zero-order valence-electron chi connectivity index (χ0n) is 7.55. The molecule has 4 heteroatoms. The van der Waals surface area contributed by atoms with Gasteiger partial charge in [-0.25, -0.2) is 13.2 Å². The van der Waals surface area contributed by atoms with E-state index in [1.807, 2.05) is 0 Å². The van der Waals surface area contributed by atoms with Crippen LogP contribution in [0.1, 0.15) is 19.3 Å². The molecule has 0 aromatic heterocycles. The Labute approximate surface area is 80.0 Å². The fraction of sp³-hybridized carbons (Fsp3) is 0.700. The maximum atomic E-state index is 13.3. The van der Waals surface area contributed by atoms with Gasteiger partial charge in [0.05, 0.1) is 5.92 Å². The summed E-state index contributed by atoms with van der Waals surface area (Å²) in [5, 5.41) is 0. The third-order valence-electron chi connectivity index (χ3n) is 2.80. The first-order valence-corrected chi connectivity index (χ1v) is 4.73. The summed E-state index contributed by atoms with van der Waals surface area (Å²) >= 11 is 0. The standard InChI is InChI=1S/C10H11F3O/c11-6-1-2-7(8(12)5-6)9(14)10(13)3-4-10/h1-2,6-8H,3-5H2. The molecule has 1 fully saturated rings. The molecule has 0 N–H and O–H groups in total. The minimum Gasteiger partial charge on any atom is -0.295 e. The van der Waals surface area contributed by atoms with Crippen LogP contribution in [0.25, 0.3) is 0 Å². The minimum atomic E-state index is -1.82. The van der Waals surface area contributed by atoms with Crippen molar-refractivity contribution in [2.24, 2.45) is 5.92 Å². The molecule has 0 aromatic carbocycles. The van der Waals surface area contributed by atoms with Crippen molar-refractivity contribution >= 4 is 5.78 Å². The van der Waals surface area contributed by atoms with Crippen molar-refractivity contribution in [3.8, 4) is 0 Å². The third kappa shape index (κ3) is 1.57. The molecule has 0 aromatic rings. The minimum absolute atomic E-state index is 0.182. The second-order valence-corrected chi connectivity index (χ2v) is 4.01. The molecule has 1 nitrogen and oxygen atoms in total. The third-order valence-corrected chi connectivity index (χ3v) is 2.80. The van der Waals surface area contributed by atoms with Gasteiger partial charge in [0.2, 0.25) is 0 Å². The zero-order chi connectivity index (χ0) is 10.3. The topological polar surface area (TPSA) is 17.1 Å². The fourth-order valence-electron chi connectivity index (χ4n) is 1.71. The van der Waals surface area contributed by atoms with Gasteiger partial charge in [-0.2, -0.15) is 0 Å². The highest BCUT2D eigenvalue weighted by atomic mass is 19.2. The van der Waals surface area contributed by atoms with Crippen molar-refractivity contribution in [3.63, 3.8) is 0 Å². The lowest BCUT2D eigenvalue weighted by atomic mass is 9.87. The lowest BCUT2D eigenvalue weighted by molar-refractivity contribution is -0.130. The van der Waals surface area contributed by atoms with E-state index < -0.39 is 29.7 Å². The number of halogens is 3. The van der Waals surface area contributed by atoms with Gasteiger partial charge < -0.3 is 0 Å². The summed E-state index contributed by atoms with van der Waals surface area (Å²) in [5.41, 5.74) is -1.82. The Morgan fingerprint density at radius 3 is 2.43 bits per heavy atom. The quantitative estimate of drug-likeness (QED) is 0.631. The number of hydrogen-bond donors (Lipinski definition) is 0. The molecule has 3 atom stereocenters. The Hall–Kier alpha value is -0.800. The number of ketones is 1. The van der Waals surface area contributed by atoms with Crippen LogP contribution in [0, 0.1) is 5.92 Å². The van der Waals surface area contributed by atoms with Crippen LogP contribution in [0.3, 0.4) is 0 Å². The van der Waals surface area contributed by atoms with E-state index in [0.717, 1.165) is 6.08 Å². The predicted octanol–water partition coefficient (Wildman–Crippen LogP) is 2.31. The van der Waals surface area contributed by atoms with Gasteiger partial charge in [-0.05, 0) is 12.8 Å². The number of carbonyl (C=O) groups is 1. The SMILES string of the molecule is O=C(C1C=CC(F)CC1F)C1(F)CC1. The van der Waals surface area contributed by atoms with Gasteiger partial charge in [0.25, 0.3) is 0 Å². The molecule has 0 bridgehead atoms. The van der Waals surface area contributed by atoms with E-state index in [1.54, 1.807) is 0 Å². The van der Waals surface area contributed by atoms with Crippen LogP contribution in [0.15, 0.2) is 12.2 Å². The second kappa shape index (κ2) is 3.11. The van der Waals surface area contributed by atoms with Crippen molar-refractivity contribution in [3.05, 3.63) is 12.2 Å². The molecule has 0 saturated heterocycles. The van der Waals surface area contributed by atoms with Gasteiger partial charge in [-0.3, -0.25) is 4.79 Å². The first kappa shape index (κ1) is 9.74. The summed E-state index contributed by atoms with van der Waals surface area (Å²) in [6.45, 7) is 0. The van der Waals surface area contributed by atoms with E-state index in [1.165, 1.54) is 6.08 Å². The molecule has 14 heavy (non-hydrogen) atoms. The van der Waals surface area contributed by atoms with E-state index in [-0.39, 0.29) is 19.3 Å². The lowest BCUT2D eigenvalue weighted by Gasteiger charge is -2.23. The molecule has 78 valence electrons. The number of carbonyl (C=O) groups excluding carboxylic acids is 1. The van der Waals surface area contributed by atoms with Crippen molar-refractivity contribution in [1.29, 1.82) is 0 Å². The summed E-state index contributed by atoms with van der Waals surface area (Å²) < 4.78 is 39.2. The van der Waals surface area contributed by atoms with Gasteiger partial charge in [-0.1, -0.05) is 12.2 Å². The van der Waals surface area contributed by atoms with Gasteiger partial charge >= 0.3 is 0 Å². The van der Waals surface area contributed by atoms with Gasteiger partial charge in [0, 0.05) is 6.42 Å². The van der Waals surface area contributed by atoms with Crippen LogP contribution in [-0.2, 0) is 4.79 Å². The Morgan fingerprint density at radius 2 is 1.93 bits per heavy atom. The molecule has 2 rings (SSSR count). The molecule has 0 aliphatic heterocycles. The van der Waals surface area contributed by atoms with Gasteiger partial charge in [0.1, 0.15) is 12.3 Å². The summed E-state index contributed by atoms with van der Waals surface area (Å²) in [7, 11) is 0. The van der Waals surface area contributed by atoms with Gasteiger partial charge in [-0.15, -0.1) is 0 Å². The van der Waals surface area contributed by atoms with Crippen LogP contribution in [-0.4, -0.2) is 23.8 Å². The smallest absolute Gasteiger partial charge is 0.179 e. The molecule has 0 spiro atoms. The second-order valence-electron chi connectivity index (χ2n) is 4.01. The predicted molar refractivity (Wildman–Crippen MR) is 45.1 cm³/mol. The van der Waals surface area contributed by atoms with Crippen LogP contribution in [0.2, 0.25) is 0 Å². The van der Waals surface area contributed by atoms with E-state index in [0.29, 0.717) is 0 Å². The highest BCUT2D eigenvalue weighted by molar-refractivity contribution is 5.93. The molecular weight excluding hydrogens is 193 g/mol. The highest BCUT2D eigenvalue weighted by Crippen LogP contribution is 2.44. The molecule has 2 aliphatic rings. The highest BCUT2D eigenvalue weighted by Gasteiger charge is 2.54. The lowest BCUT2D eigenvalue weighted by Crippen LogP contribution is -2.35. The molecular formula is C10H11F3O. The van der Waals surface area contributed by atoms with Crippen LogP contribution < -0.4 is 0 Å². The molecule has 0 heterocycles. The Balaban J connectivity index is 2.10. The van der Waals surface area contributed by atoms with E-state index in [2.05, 4.69) is 0 Å². The summed E-state index contributed by atoms with van der Waals surface area (Å²) in [6, 6.07) is 0. The molecule has 0 radical (unpaired) electrons. The number of allylic oxidation sites excluding steroid dienone is 2. The number of Topliss-reactive ketones (excluding diaryl/α,β-unsaturated/α-hetero) is 1. The molecule has 0 amide bonds. The van der Waals surface area contributed by atoms with Crippen molar-refractivity contribution < 1.29 is 18.0 Å². The van der Waals surface area contributed by atoms with Crippen LogP contribution in [0.4, 0.5) is 13.2 Å². The maximum absolute atomic E-state index is 13.3. The maximum Gasteiger partial charge on any atom is 0.179 e. The zero-order valence-corrected chi connectivity index (χ0v) is 7.55. The first-order chi connectivity index (χ1) is 6.53. The van der Waals surface area contributed by atoms with Crippen molar-refractivity contribution in [2.75, 3.05) is 0 Å². The number of rotatable bonds is 2.